The van der Waals surface area contributed by atoms with Crippen molar-refractivity contribution in [2.45, 2.75) is 39.3 Å². The van der Waals surface area contributed by atoms with E-state index in [9.17, 15) is 4.79 Å². The first-order valence-corrected chi connectivity index (χ1v) is 10.5. The number of halogens is 1. The number of carbonyl (C=O) groups is 1. The number of nitrogens with one attached hydrogen (secondary N) is 3. The third kappa shape index (κ3) is 9.77. The van der Waals surface area contributed by atoms with Gasteiger partial charge in [-0.15, -0.1) is 24.0 Å². The summed E-state index contributed by atoms with van der Waals surface area (Å²) in [5, 5.41) is 9.33. The van der Waals surface area contributed by atoms with E-state index in [1.165, 1.54) is 0 Å². The summed E-state index contributed by atoms with van der Waals surface area (Å²) in [6.45, 7) is 6.74. The van der Waals surface area contributed by atoms with E-state index in [-0.39, 0.29) is 24.0 Å². The monoisotopic (exact) mass is 570 g/mol. The Hall–Kier alpha value is -2.69. The largest absolute Gasteiger partial charge is 0.493 e. The molecular weight excluding hydrogens is 535 g/mol. The Morgan fingerprint density at radius 2 is 1.70 bits per heavy atom. The quantitative estimate of drug-likeness (QED) is 0.245. The highest BCUT2D eigenvalue weighted by Gasteiger charge is 2.16. The molecule has 0 radical (unpaired) electrons. The van der Waals surface area contributed by atoms with E-state index >= 15 is 0 Å². The maximum absolute atomic E-state index is 11.9. The van der Waals surface area contributed by atoms with Gasteiger partial charge in [-0.25, -0.2) is 4.79 Å². The van der Waals surface area contributed by atoms with Crippen LogP contribution in [0.4, 0.5) is 10.5 Å². The van der Waals surface area contributed by atoms with Crippen molar-refractivity contribution in [1.29, 1.82) is 0 Å². The highest BCUT2D eigenvalue weighted by molar-refractivity contribution is 14.0. The number of hydrogen-bond donors (Lipinski definition) is 3. The lowest BCUT2D eigenvalue weighted by atomic mass is 10.1. The molecule has 0 spiro atoms. The van der Waals surface area contributed by atoms with E-state index in [1.807, 2.05) is 63.2 Å². The van der Waals surface area contributed by atoms with Gasteiger partial charge in [0.15, 0.2) is 17.5 Å². The molecule has 0 saturated heterocycles. The van der Waals surface area contributed by atoms with Crippen LogP contribution in [0.5, 0.6) is 11.5 Å². The van der Waals surface area contributed by atoms with E-state index in [2.05, 4.69) is 20.9 Å². The maximum atomic E-state index is 11.9. The summed E-state index contributed by atoms with van der Waals surface area (Å²) in [6.07, 6.45) is 0.338. The molecule has 0 aliphatic heterocycles. The highest BCUT2D eigenvalue weighted by Crippen LogP contribution is 2.30. The highest BCUT2D eigenvalue weighted by atomic mass is 127. The van der Waals surface area contributed by atoms with Gasteiger partial charge in [-0.05, 0) is 51.0 Å². The topological polar surface area (TPSA) is 93.2 Å². The first-order chi connectivity index (χ1) is 15.3. The average Bonchev–Trinajstić information content (AvgIpc) is 2.75. The SMILES string of the molecule is CN=C(NCCc1ccc(NC(=O)OC(C)(C)C)cc1)NCc1cccc(OC)c1OC.I. The number of para-hydroxylation sites is 1. The van der Waals surface area contributed by atoms with Gasteiger partial charge < -0.3 is 24.8 Å². The lowest BCUT2D eigenvalue weighted by Gasteiger charge is -2.19. The summed E-state index contributed by atoms with van der Waals surface area (Å²) in [5.74, 6) is 2.09. The summed E-state index contributed by atoms with van der Waals surface area (Å²) >= 11 is 0. The van der Waals surface area contributed by atoms with Crippen LogP contribution >= 0.6 is 24.0 Å². The fourth-order valence-electron chi connectivity index (χ4n) is 2.99. The number of methoxy groups -OCH3 is 2. The molecule has 0 bridgehead atoms. The summed E-state index contributed by atoms with van der Waals surface area (Å²) < 4.78 is 16.1. The second-order valence-corrected chi connectivity index (χ2v) is 8.08. The standard InChI is InChI=1S/C24H34N4O4.HI/c1-24(2,3)32-23(29)28-19-12-10-17(11-13-19)14-15-26-22(25-4)27-16-18-8-7-9-20(30-5)21(18)31-6;/h7-13H,14-16H2,1-6H3,(H,28,29)(H2,25,26,27);1H. The molecule has 0 aliphatic rings. The van der Waals surface area contributed by atoms with Crippen molar-refractivity contribution < 1.29 is 19.0 Å². The van der Waals surface area contributed by atoms with Gasteiger partial charge in [-0.1, -0.05) is 24.3 Å². The van der Waals surface area contributed by atoms with Crippen molar-refractivity contribution >= 4 is 41.7 Å². The molecule has 0 fully saturated rings. The number of aliphatic imine (C=N–C) groups is 1. The molecule has 0 unspecified atom stereocenters. The predicted octanol–water partition coefficient (Wildman–Crippen LogP) is 4.58. The van der Waals surface area contributed by atoms with Gasteiger partial charge in [0.1, 0.15) is 5.60 Å². The van der Waals surface area contributed by atoms with Gasteiger partial charge in [-0.3, -0.25) is 10.3 Å². The van der Waals surface area contributed by atoms with Crippen molar-refractivity contribution in [1.82, 2.24) is 10.6 Å². The van der Waals surface area contributed by atoms with Gasteiger partial charge in [0, 0.05) is 31.4 Å². The molecule has 1 amide bonds. The Morgan fingerprint density at radius 3 is 2.27 bits per heavy atom. The third-order valence-electron chi connectivity index (χ3n) is 4.46. The maximum Gasteiger partial charge on any atom is 0.412 e. The minimum Gasteiger partial charge on any atom is -0.493 e. The summed E-state index contributed by atoms with van der Waals surface area (Å²) in [5.41, 5.74) is 2.28. The Labute approximate surface area is 213 Å². The van der Waals surface area contributed by atoms with Crippen molar-refractivity contribution in [3.63, 3.8) is 0 Å². The fourth-order valence-corrected chi connectivity index (χ4v) is 2.99. The molecular formula is C24H35IN4O4. The molecule has 0 saturated carbocycles. The summed E-state index contributed by atoms with van der Waals surface area (Å²) in [7, 11) is 4.98. The van der Waals surface area contributed by atoms with Crippen LogP contribution in [0, 0.1) is 0 Å². The molecule has 0 aliphatic carbocycles. The molecule has 0 heterocycles. The Morgan fingerprint density at radius 1 is 1.00 bits per heavy atom. The smallest absolute Gasteiger partial charge is 0.412 e. The van der Waals surface area contributed by atoms with Crippen LogP contribution in [0.3, 0.4) is 0 Å². The molecule has 2 rings (SSSR count). The number of rotatable bonds is 8. The van der Waals surface area contributed by atoms with E-state index in [0.717, 1.165) is 17.5 Å². The Balaban J connectivity index is 0.00000544. The van der Waals surface area contributed by atoms with Crippen molar-refractivity contribution in [2.24, 2.45) is 4.99 Å². The van der Waals surface area contributed by atoms with Crippen LogP contribution in [0.25, 0.3) is 0 Å². The molecule has 33 heavy (non-hydrogen) atoms. The minimum absolute atomic E-state index is 0. The summed E-state index contributed by atoms with van der Waals surface area (Å²) in [4.78, 5) is 16.1. The summed E-state index contributed by atoms with van der Waals surface area (Å²) in [6, 6.07) is 13.5. The first-order valence-electron chi connectivity index (χ1n) is 10.5. The van der Waals surface area contributed by atoms with Crippen LogP contribution in [-0.4, -0.2) is 45.5 Å². The van der Waals surface area contributed by atoms with Crippen LogP contribution in [0.15, 0.2) is 47.5 Å². The van der Waals surface area contributed by atoms with Gasteiger partial charge in [0.2, 0.25) is 0 Å². The number of benzene rings is 2. The van der Waals surface area contributed by atoms with E-state index in [4.69, 9.17) is 14.2 Å². The van der Waals surface area contributed by atoms with Crippen LogP contribution in [-0.2, 0) is 17.7 Å². The van der Waals surface area contributed by atoms with E-state index < -0.39 is 11.7 Å². The van der Waals surface area contributed by atoms with Crippen molar-refractivity contribution in [3.05, 3.63) is 53.6 Å². The van der Waals surface area contributed by atoms with Gasteiger partial charge in [0.25, 0.3) is 0 Å². The number of guanidine groups is 1. The fraction of sp³-hybridized carbons (Fsp3) is 0.417. The van der Waals surface area contributed by atoms with Crippen LogP contribution < -0.4 is 25.4 Å². The first kappa shape index (κ1) is 28.3. The van der Waals surface area contributed by atoms with Gasteiger partial charge >= 0.3 is 6.09 Å². The number of carbonyl (C=O) groups excluding carboxylic acids is 1. The minimum atomic E-state index is -0.528. The van der Waals surface area contributed by atoms with Crippen LogP contribution in [0.1, 0.15) is 31.9 Å². The molecule has 8 nitrogen and oxygen atoms in total. The number of anilines is 1. The molecule has 3 N–H and O–H groups in total. The zero-order chi connectivity index (χ0) is 23.6. The normalized spacial score (nSPS) is 11.2. The molecule has 2 aromatic rings. The van der Waals surface area contributed by atoms with E-state index in [0.29, 0.717) is 36.2 Å². The zero-order valence-corrected chi connectivity index (χ0v) is 22.5. The molecule has 0 atom stereocenters. The van der Waals surface area contributed by atoms with Gasteiger partial charge in [-0.2, -0.15) is 0 Å². The zero-order valence-electron chi connectivity index (χ0n) is 20.2. The molecule has 9 heteroatoms. The Kier molecular flexibility index (Phi) is 11.8. The lowest BCUT2D eigenvalue weighted by Crippen LogP contribution is -2.37. The lowest BCUT2D eigenvalue weighted by molar-refractivity contribution is 0.0636. The molecule has 0 aromatic heterocycles. The molecule has 2 aromatic carbocycles. The predicted molar refractivity (Wildman–Crippen MR) is 143 cm³/mol. The van der Waals surface area contributed by atoms with Crippen molar-refractivity contribution in [2.75, 3.05) is 33.1 Å². The average molecular weight is 570 g/mol. The van der Waals surface area contributed by atoms with Crippen LogP contribution in [0.2, 0.25) is 0 Å². The number of nitrogens with zero attached hydrogens (tertiary/aromatic N) is 1. The second kappa shape index (κ2) is 13.8. The number of hydrogen-bond acceptors (Lipinski definition) is 5. The number of amides is 1. The number of ether oxygens (including phenoxy) is 3. The van der Waals surface area contributed by atoms with Crippen molar-refractivity contribution in [3.8, 4) is 11.5 Å². The van der Waals surface area contributed by atoms with E-state index in [1.54, 1.807) is 21.3 Å². The van der Waals surface area contributed by atoms with Gasteiger partial charge in [0.05, 0.1) is 14.2 Å². The molecule has 182 valence electrons. The third-order valence-corrected chi connectivity index (χ3v) is 4.46. The second-order valence-electron chi connectivity index (χ2n) is 8.08. The Bertz CT molecular complexity index is 912.